The molecule has 3 aromatic rings. The number of carbonyl (C=O) groups is 1. The molecule has 0 spiro atoms. The van der Waals surface area contributed by atoms with Crippen LogP contribution in [0.4, 0.5) is 0 Å². The zero-order chi connectivity index (χ0) is 20.2. The second kappa shape index (κ2) is 8.63. The summed E-state index contributed by atoms with van der Waals surface area (Å²) in [5, 5.41) is 6.94. The van der Waals surface area contributed by atoms with Gasteiger partial charge in [-0.2, -0.15) is 0 Å². The molecule has 1 saturated heterocycles. The maximum Gasteiger partial charge on any atom is 0.273 e. The highest BCUT2D eigenvalue weighted by Crippen LogP contribution is 2.24. The van der Waals surface area contributed by atoms with Crippen molar-refractivity contribution in [3.63, 3.8) is 0 Å². The lowest BCUT2D eigenvalue weighted by molar-refractivity contribution is 0.0843. The first-order chi connectivity index (χ1) is 14.1. The average molecular weight is 394 g/mol. The number of hydrogen-bond donors (Lipinski definition) is 1. The van der Waals surface area contributed by atoms with Crippen molar-refractivity contribution >= 4 is 5.91 Å². The predicted octanol–water partition coefficient (Wildman–Crippen LogP) is 2.96. The summed E-state index contributed by atoms with van der Waals surface area (Å²) in [6.45, 7) is 6.23. The number of nitrogens with zero attached hydrogens (tertiary/aromatic N) is 3. The molecule has 0 aliphatic carbocycles. The summed E-state index contributed by atoms with van der Waals surface area (Å²) < 4.78 is 11.2. The van der Waals surface area contributed by atoms with Crippen LogP contribution in [0.25, 0.3) is 11.3 Å². The van der Waals surface area contributed by atoms with Crippen molar-refractivity contribution in [2.75, 3.05) is 39.8 Å². The number of piperazine rings is 1. The fourth-order valence-corrected chi connectivity index (χ4v) is 3.58. The maximum absolute atomic E-state index is 12.7. The van der Waals surface area contributed by atoms with Gasteiger partial charge in [-0.05, 0) is 26.1 Å². The fraction of sp³-hybridized carbons (Fsp3) is 0.364. The van der Waals surface area contributed by atoms with Crippen LogP contribution in [-0.2, 0) is 0 Å². The van der Waals surface area contributed by atoms with Crippen molar-refractivity contribution in [3.05, 3.63) is 65.7 Å². The molecule has 1 unspecified atom stereocenters. The normalized spacial score (nSPS) is 16.6. The molecule has 1 N–H and O–H groups in total. The van der Waals surface area contributed by atoms with Crippen LogP contribution in [0.3, 0.4) is 0 Å². The zero-order valence-corrected chi connectivity index (χ0v) is 16.8. The van der Waals surface area contributed by atoms with Crippen LogP contribution in [0.1, 0.15) is 28.1 Å². The van der Waals surface area contributed by atoms with Crippen molar-refractivity contribution in [2.24, 2.45) is 0 Å². The Morgan fingerprint density at radius 1 is 1.14 bits per heavy atom. The topological polar surface area (TPSA) is 74.8 Å². The Morgan fingerprint density at radius 3 is 2.59 bits per heavy atom. The Bertz CT molecular complexity index is 942. The molecule has 4 rings (SSSR count). The number of nitrogens with one attached hydrogen (secondary N) is 1. The number of carbonyl (C=O) groups excluding carboxylic acids is 1. The van der Waals surface area contributed by atoms with E-state index in [1.165, 1.54) is 0 Å². The third kappa shape index (κ3) is 4.58. The number of likely N-dealkylation sites (N-methyl/N-ethyl adjacent to an activating group) is 1. The number of hydrogen-bond acceptors (Lipinski definition) is 6. The molecule has 1 amide bonds. The lowest BCUT2D eigenvalue weighted by Gasteiger charge is -2.37. The lowest BCUT2D eigenvalue weighted by Crippen LogP contribution is -2.48. The number of aromatic nitrogens is 1. The van der Waals surface area contributed by atoms with Gasteiger partial charge in [-0.3, -0.25) is 9.69 Å². The smallest absolute Gasteiger partial charge is 0.273 e. The van der Waals surface area contributed by atoms with Crippen molar-refractivity contribution in [2.45, 2.75) is 13.0 Å². The molecule has 1 fully saturated rings. The molecule has 0 radical (unpaired) electrons. The molecular weight excluding hydrogens is 368 g/mol. The number of furan rings is 1. The van der Waals surface area contributed by atoms with Gasteiger partial charge in [0.05, 0.1) is 6.04 Å². The predicted molar refractivity (Wildman–Crippen MR) is 110 cm³/mol. The molecule has 29 heavy (non-hydrogen) atoms. The Hall–Kier alpha value is -2.90. The van der Waals surface area contributed by atoms with Gasteiger partial charge in [0.25, 0.3) is 5.91 Å². The van der Waals surface area contributed by atoms with E-state index < -0.39 is 0 Å². The van der Waals surface area contributed by atoms with Gasteiger partial charge in [0.2, 0.25) is 0 Å². The molecule has 1 atom stereocenters. The van der Waals surface area contributed by atoms with Gasteiger partial charge < -0.3 is 19.2 Å². The second-order valence-electron chi connectivity index (χ2n) is 7.46. The van der Waals surface area contributed by atoms with Crippen LogP contribution < -0.4 is 5.32 Å². The summed E-state index contributed by atoms with van der Waals surface area (Å²) in [5.41, 5.74) is 1.16. The van der Waals surface area contributed by atoms with E-state index in [2.05, 4.69) is 27.3 Å². The van der Waals surface area contributed by atoms with Crippen molar-refractivity contribution < 1.29 is 13.7 Å². The van der Waals surface area contributed by atoms with E-state index in [4.69, 9.17) is 8.94 Å². The first-order valence-electron chi connectivity index (χ1n) is 9.89. The van der Waals surface area contributed by atoms with Crippen LogP contribution in [0, 0.1) is 6.92 Å². The van der Waals surface area contributed by atoms with E-state index in [-0.39, 0.29) is 17.6 Å². The largest absolute Gasteiger partial charge is 0.465 e. The molecule has 1 aliphatic heterocycles. The summed E-state index contributed by atoms with van der Waals surface area (Å²) in [4.78, 5) is 17.3. The summed E-state index contributed by atoms with van der Waals surface area (Å²) in [7, 11) is 2.13. The van der Waals surface area contributed by atoms with Gasteiger partial charge in [-0.15, -0.1) is 0 Å². The van der Waals surface area contributed by atoms with Crippen molar-refractivity contribution in [1.82, 2.24) is 20.3 Å². The van der Waals surface area contributed by atoms with Crippen LogP contribution in [0.15, 0.2) is 57.5 Å². The number of rotatable bonds is 6. The third-order valence-electron chi connectivity index (χ3n) is 5.33. The van der Waals surface area contributed by atoms with E-state index in [9.17, 15) is 4.79 Å². The highest BCUT2D eigenvalue weighted by atomic mass is 16.5. The van der Waals surface area contributed by atoms with Crippen molar-refractivity contribution in [3.8, 4) is 11.3 Å². The Balaban J connectivity index is 1.44. The molecule has 7 heteroatoms. The summed E-state index contributed by atoms with van der Waals surface area (Å²) in [6.07, 6.45) is 0. The van der Waals surface area contributed by atoms with E-state index in [1.807, 2.05) is 49.4 Å². The van der Waals surface area contributed by atoms with E-state index in [0.29, 0.717) is 12.3 Å². The van der Waals surface area contributed by atoms with Gasteiger partial charge in [0.15, 0.2) is 11.5 Å². The van der Waals surface area contributed by atoms with Gasteiger partial charge >= 0.3 is 0 Å². The highest BCUT2D eigenvalue weighted by molar-refractivity contribution is 5.93. The molecule has 152 valence electrons. The molecule has 1 aliphatic rings. The third-order valence-corrected chi connectivity index (χ3v) is 5.33. The zero-order valence-electron chi connectivity index (χ0n) is 16.8. The molecule has 0 bridgehead atoms. The maximum atomic E-state index is 12.7. The summed E-state index contributed by atoms with van der Waals surface area (Å²) in [6, 6.07) is 15.2. The fourth-order valence-electron chi connectivity index (χ4n) is 3.58. The van der Waals surface area contributed by atoms with E-state index in [1.54, 1.807) is 6.07 Å². The van der Waals surface area contributed by atoms with Crippen LogP contribution in [0.5, 0.6) is 0 Å². The number of aryl methyl sites for hydroxylation is 1. The summed E-state index contributed by atoms with van der Waals surface area (Å²) >= 11 is 0. The van der Waals surface area contributed by atoms with Crippen molar-refractivity contribution in [1.29, 1.82) is 0 Å². The van der Waals surface area contributed by atoms with Gasteiger partial charge in [-0.1, -0.05) is 35.5 Å². The SMILES string of the molecule is Cc1ccc(C(CNC(=O)c2cc(-c3ccccc3)on2)N2CCN(C)CC2)o1. The molecule has 2 aromatic heterocycles. The Morgan fingerprint density at radius 2 is 1.90 bits per heavy atom. The number of benzene rings is 1. The summed E-state index contributed by atoms with van der Waals surface area (Å²) in [5.74, 6) is 2.07. The second-order valence-corrected chi connectivity index (χ2v) is 7.46. The van der Waals surface area contributed by atoms with Crippen LogP contribution in [0.2, 0.25) is 0 Å². The number of amides is 1. The monoisotopic (exact) mass is 394 g/mol. The van der Waals surface area contributed by atoms with Gasteiger partial charge in [-0.25, -0.2) is 0 Å². The molecular formula is C22H26N4O3. The molecule has 0 saturated carbocycles. The molecule has 7 nitrogen and oxygen atoms in total. The quantitative estimate of drug-likeness (QED) is 0.693. The van der Waals surface area contributed by atoms with Gasteiger partial charge in [0, 0.05) is 44.4 Å². The first-order valence-corrected chi connectivity index (χ1v) is 9.89. The minimum absolute atomic E-state index is 0.0122. The van der Waals surface area contributed by atoms with Crippen LogP contribution >= 0.6 is 0 Å². The van der Waals surface area contributed by atoms with E-state index in [0.717, 1.165) is 43.3 Å². The minimum Gasteiger partial charge on any atom is -0.465 e. The first kappa shape index (κ1) is 19.4. The Kier molecular flexibility index (Phi) is 5.78. The highest BCUT2D eigenvalue weighted by Gasteiger charge is 2.27. The minimum atomic E-state index is -0.252. The van der Waals surface area contributed by atoms with E-state index >= 15 is 0 Å². The molecule has 3 heterocycles. The van der Waals surface area contributed by atoms with Crippen LogP contribution in [-0.4, -0.2) is 60.6 Å². The Labute approximate surface area is 170 Å². The standard InChI is InChI=1S/C22H26N4O3/c1-16-8-9-20(28-16)19(26-12-10-25(2)11-13-26)15-23-22(27)18-14-21(29-24-18)17-6-4-3-5-7-17/h3-9,14,19H,10-13,15H2,1-2H3,(H,23,27). The molecule has 1 aromatic carbocycles. The van der Waals surface area contributed by atoms with Gasteiger partial charge in [0.1, 0.15) is 11.5 Å². The average Bonchev–Trinajstić information content (AvgIpc) is 3.40. The lowest BCUT2D eigenvalue weighted by atomic mass is 10.1.